The number of carbonyl (C=O) groups is 2. The summed E-state index contributed by atoms with van der Waals surface area (Å²) < 4.78 is 48.8. The van der Waals surface area contributed by atoms with Gasteiger partial charge in [-0.2, -0.15) is 8.78 Å². The van der Waals surface area contributed by atoms with Gasteiger partial charge in [0.2, 0.25) is 0 Å². The zero-order valence-electron chi connectivity index (χ0n) is 24.1. The van der Waals surface area contributed by atoms with Crippen LogP contribution in [0.1, 0.15) is 90.9 Å². The molecule has 8 rings (SSSR count). The average Bonchev–Trinajstić information content (AvgIpc) is 2.85. The first-order chi connectivity index (χ1) is 19.6. The lowest BCUT2D eigenvalue weighted by Crippen LogP contribution is -2.59. The van der Waals surface area contributed by atoms with E-state index in [-0.39, 0.29) is 42.1 Å². The number of carbonyl (C=O) groups excluding carboxylic acids is 2. The van der Waals surface area contributed by atoms with E-state index >= 15 is 8.78 Å². The Kier molecular flexibility index (Phi) is 7.72. The topological polar surface area (TPSA) is 141 Å². The van der Waals surface area contributed by atoms with Crippen molar-refractivity contribution in [1.29, 1.82) is 0 Å². The van der Waals surface area contributed by atoms with Gasteiger partial charge in [-0.15, -0.1) is 4.33 Å². The first-order valence-electron chi connectivity index (χ1n) is 15.1. The minimum absolute atomic E-state index is 0.148. The van der Waals surface area contributed by atoms with E-state index in [4.69, 9.17) is 19.5 Å². The van der Waals surface area contributed by atoms with Crippen molar-refractivity contribution in [2.24, 2.45) is 34.5 Å². The number of rotatable bonds is 12. The SMILES string of the molecule is CC(C)(SOOO)C(F)(F)OCC(COC(=O)C12CC3CC(CC(O)(C3)C1)C2)OC(=O)C12CC3CC(CC(O)(C3)C1)C2. The summed E-state index contributed by atoms with van der Waals surface area (Å²) in [5.41, 5.74) is -3.55. The lowest BCUT2D eigenvalue weighted by atomic mass is 9.48. The number of ether oxygens (including phenoxy) is 3. The van der Waals surface area contributed by atoms with Gasteiger partial charge in [-0.05, 0) is 115 Å². The maximum Gasteiger partial charge on any atom is 0.372 e. The van der Waals surface area contributed by atoms with Crippen LogP contribution >= 0.6 is 12.0 Å². The summed E-state index contributed by atoms with van der Waals surface area (Å²) in [5, 5.41) is 34.0. The normalized spacial score (nSPS) is 42.5. The van der Waals surface area contributed by atoms with Crippen molar-refractivity contribution in [3.63, 3.8) is 0 Å². The van der Waals surface area contributed by atoms with Crippen molar-refractivity contribution < 1.29 is 57.4 Å². The van der Waals surface area contributed by atoms with Gasteiger partial charge in [0.25, 0.3) is 0 Å². The van der Waals surface area contributed by atoms with Gasteiger partial charge in [0, 0.05) is 0 Å². The molecule has 0 heterocycles. The maximum atomic E-state index is 15.1. The minimum Gasteiger partial charge on any atom is -0.461 e. The lowest BCUT2D eigenvalue weighted by molar-refractivity contribution is -0.433. The quantitative estimate of drug-likeness (QED) is 0.122. The molecule has 0 aromatic carbocycles. The predicted octanol–water partition coefficient (Wildman–Crippen LogP) is 4.56. The van der Waals surface area contributed by atoms with Crippen molar-refractivity contribution in [1.82, 2.24) is 0 Å². The highest BCUT2D eigenvalue weighted by molar-refractivity contribution is 7.96. The van der Waals surface area contributed by atoms with Crippen LogP contribution in [0.3, 0.4) is 0 Å². The average molecular weight is 621 g/mol. The Labute approximate surface area is 248 Å². The number of hydrogen-bond acceptors (Lipinski definition) is 11. The van der Waals surface area contributed by atoms with Crippen LogP contribution in [-0.2, 0) is 33.2 Å². The number of alkyl halides is 2. The van der Waals surface area contributed by atoms with Crippen LogP contribution in [0.25, 0.3) is 0 Å². The standard InChI is InChI=1S/C29H42F2O10S/c1-24(2,42-41-40-36)29(30,31)38-14-21(39-23(33)26-7-19-4-20(8-26)12-28(35,11-19)16-26)13-37-22(32)25-5-17-3-18(6-25)10-27(34,9-17)15-25/h17-21,34-36H,3-16H2,1-2H3. The maximum absolute atomic E-state index is 15.1. The Morgan fingerprint density at radius 3 is 1.76 bits per heavy atom. The fourth-order valence-corrected chi connectivity index (χ4v) is 10.5. The molecule has 0 aliphatic heterocycles. The van der Waals surface area contributed by atoms with E-state index < -0.39 is 64.1 Å². The third-order valence-corrected chi connectivity index (χ3v) is 11.8. The van der Waals surface area contributed by atoms with Crippen LogP contribution in [0, 0.1) is 34.5 Å². The van der Waals surface area contributed by atoms with Gasteiger partial charge < -0.3 is 24.4 Å². The Morgan fingerprint density at radius 1 is 0.833 bits per heavy atom. The van der Waals surface area contributed by atoms with E-state index in [1.54, 1.807) is 0 Å². The molecule has 0 saturated heterocycles. The number of hydrogen-bond donors (Lipinski definition) is 3. The molecule has 3 N–H and O–H groups in total. The third kappa shape index (κ3) is 5.60. The van der Waals surface area contributed by atoms with E-state index in [9.17, 15) is 19.8 Å². The molecule has 8 saturated carbocycles. The molecule has 0 aromatic heterocycles. The zero-order chi connectivity index (χ0) is 30.2. The zero-order valence-corrected chi connectivity index (χ0v) is 25.0. The van der Waals surface area contributed by atoms with E-state index in [1.807, 2.05) is 0 Å². The molecule has 8 bridgehead atoms. The lowest BCUT2D eigenvalue weighted by Gasteiger charge is -2.59. The Balaban J connectivity index is 1.16. The van der Waals surface area contributed by atoms with Gasteiger partial charge in [-0.25, -0.2) is 5.26 Å². The molecule has 0 amide bonds. The van der Waals surface area contributed by atoms with Crippen LogP contribution < -0.4 is 0 Å². The minimum atomic E-state index is -3.83. The van der Waals surface area contributed by atoms with Gasteiger partial charge in [-0.1, -0.05) is 5.04 Å². The highest BCUT2D eigenvalue weighted by Gasteiger charge is 2.63. The van der Waals surface area contributed by atoms with E-state index in [0.29, 0.717) is 57.8 Å². The van der Waals surface area contributed by atoms with Gasteiger partial charge >= 0.3 is 18.0 Å². The summed E-state index contributed by atoms with van der Waals surface area (Å²) in [6, 6.07) is 0. The van der Waals surface area contributed by atoms with Gasteiger partial charge in [0.05, 0.1) is 40.7 Å². The number of aliphatic hydroxyl groups is 2. The molecule has 10 nitrogen and oxygen atoms in total. The van der Waals surface area contributed by atoms with Crippen LogP contribution in [0.5, 0.6) is 0 Å². The third-order valence-electron chi connectivity index (χ3n) is 11.0. The molecule has 13 heteroatoms. The summed E-state index contributed by atoms with van der Waals surface area (Å²) in [6.45, 7) is 0.982. The molecule has 0 aromatic rings. The Bertz CT molecular complexity index is 1060. The summed E-state index contributed by atoms with van der Waals surface area (Å²) in [6.07, 6.45) is 2.39. The van der Waals surface area contributed by atoms with Crippen molar-refractivity contribution in [3.05, 3.63) is 0 Å². The molecule has 0 spiro atoms. The molecule has 5 atom stereocenters. The molecule has 8 fully saturated rings. The van der Waals surface area contributed by atoms with Crippen LogP contribution in [-0.4, -0.2) is 68.8 Å². The molecule has 8 aliphatic carbocycles. The van der Waals surface area contributed by atoms with Gasteiger partial charge in [0.1, 0.15) is 11.4 Å². The van der Waals surface area contributed by atoms with Crippen molar-refractivity contribution in [3.8, 4) is 0 Å². The second kappa shape index (κ2) is 10.5. The smallest absolute Gasteiger partial charge is 0.372 e. The fourth-order valence-electron chi connectivity index (χ4n) is 10.1. The summed E-state index contributed by atoms with van der Waals surface area (Å²) in [4.78, 5) is 27.2. The van der Waals surface area contributed by atoms with Crippen molar-refractivity contribution >= 4 is 24.0 Å². The molecule has 238 valence electrons. The molecule has 42 heavy (non-hydrogen) atoms. The number of halogens is 2. The predicted molar refractivity (Wildman–Crippen MR) is 142 cm³/mol. The highest BCUT2D eigenvalue weighted by Crippen LogP contribution is 2.63. The Morgan fingerprint density at radius 2 is 1.31 bits per heavy atom. The van der Waals surface area contributed by atoms with E-state index in [0.717, 1.165) is 26.7 Å². The van der Waals surface area contributed by atoms with Crippen molar-refractivity contribution in [2.45, 2.75) is 119 Å². The molecule has 5 unspecified atom stereocenters. The molecule has 8 aliphatic rings. The van der Waals surface area contributed by atoms with E-state index in [1.165, 1.54) is 0 Å². The fraction of sp³-hybridized carbons (Fsp3) is 0.931. The molecular formula is C29H42F2O10S. The Hall–Kier alpha value is -1.09. The highest BCUT2D eigenvalue weighted by atomic mass is 32.2. The summed E-state index contributed by atoms with van der Waals surface area (Å²) in [7, 11) is 0. The van der Waals surface area contributed by atoms with Crippen LogP contribution in [0.4, 0.5) is 8.78 Å². The van der Waals surface area contributed by atoms with Crippen molar-refractivity contribution in [2.75, 3.05) is 13.2 Å². The second-order valence-corrected chi connectivity index (χ2v) is 16.4. The van der Waals surface area contributed by atoms with Crippen LogP contribution in [0.15, 0.2) is 0 Å². The molecule has 0 radical (unpaired) electrons. The number of esters is 2. The summed E-state index contributed by atoms with van der Waals surface area (Å²) >= 11 is 0.148. The monoisotopic (exact) mass is 620 g/mol. The summed E-state index contributed by atoms with van der Waals surface area (Å²) in [5.74, 6) is -0.199. The van der Waals surface area contributed by atoms with Gasteiger partial charge in [-0.3, -0.25) is 9.59 Å². The first-order valence-corrected chi connectivity index (χ1v) is 15.8. The first kappa shape index (κ1) is 30.9. The van der Waals surface area contributed by atoms with E-state index in [2.05, 4.69) is 9.37 Å². The van der Waals surface area contributed by atoms with Gasteiger partial charge in [0.15, 0.2) is 6.10 Å². The largest absolute Gasteiger partial charge is 0.461 e. The molecular weight excluding hydrogens is 578 g/mol. The second-order valence-electron chi connectivity index (χ2n) is 15.1. The van der Waals surface area contributed by atoms with Crippen LogP contribution in [0.2, 0.25) is 0 Å².